The van der Waals surface area contributed by atoms with Crippen LogP contribution in [-0.2, 0) is 0 Å². The molecule has 0 bridgehead atoms. The van der Waals surface area contributed by atoms with Crippen molar-refractivity contribution < 1.29 is 4.79 Å². The minimum atomic E-state index is -0.210. The third-order valence-electron chi connectivity index (χ3n) is 3.35. The predicted octanol–water partition coefficient (Wildman–Crippen LogP) is 3.41. The van der Waals surface area contributed by atoms with Crippen molar-refractivity contribution in [2.24, 2.45) is 5.92 Å². The highest BCUT2D eigenvalue weighted by atomic mass is 16.1. The maximum Gasteiger partial charge on any atom is 0.258 e. The second-order valence-electron chi connectivity index (χ2n) is 5.82. The van der Waals surface area contributed by atoms with E-state index in [-0.39, 0.29) is 5.91 Å². The first-order valence-corrected chi connectivity index (χ1v) is 7.40. The van der Waals surface area contributed by atoms with Gasteiger partial charge in [-0.1, -0.05) is 19.9 Å². The molecule has 0 saturated carbocycles. The number of anilines is 2. The Morgan fingerprint density at radius 3 is 2.41 bits per heavy atom. The second-order valence-corrected chi connectivity index (χ2v) is 5.82. The number of carbonyl (C=O) groups excluding carboxylic acids is 1. The summed E-state index contributed by atoms with van der Waals surface area (Å²) < 4.78 is 0. The number of aryl methyl sites for hydroxylation is 2. The van der Waals surface area contributed by atoms with Crippen molar-refractivity contribution in [2.45, 2.75) is 27.7 Å². The summed E-state index contributed by atoms with van der Waals surface area (Å²) in [7, 11) is 0. The quantitative estimate of drug-likeness (QED) is 0.887. The lowest BCUT2D eigenvalue weighted by atomic mass is 10.1. The fourth-order valence-electron chi connectivity index (χ4n) is 1.85. The topological polar surface area (TPSA) is 66.9 Å². The maximum atomic E-state index is 12.2. The number of rotatable bonds is 5. The van der Waals surface area contributed by atoms with Gasteiger partial charge in [-0.15, -0.1) is 0 Å². The molecular formula is C17H22N4O. The molecule has 116 valence electrons. The molecule has 1 amide bonds. The van der Waals surface area contributed by atoms with E-state index in [1.54, 1.807) is 0 Å². The van der Waals surface area contributed by atoms with Gasteiger partial charge >= 0.3 is 0 Å². The number of nitrogens with one attached hydrogen (secondary N) is 2. The molecule has 0 radical (unpaired) electrons. The summed E-state index contributed by atoms with van der Waals surface area (Å²) >= 11 is 0. The molecule has 2 N–H and O–H groups in total. The van der Waals surface area contributed by atoms with E-state index in [0.717, 1.165) is 17.8 Å². The van der Waals surface area contributed by atoms with E-state index in [0.29, 0.717) is 17.4 Å². The molecule has 0 aliphatic carbocycles. The van der Waals surface area contributed by atoms with Crippen LogP contribution < -0.4 is 10.6 Å². The Morgan fingerprint density at radius 2 is 1.82 bits per heavy atom. The van der Waals surface area contributed by atoms with Gasteiger partial charge in [0.1, 0.15) is 0 Å². The van der Waals surface area contributed by atoms with E-state index in [1.807, 2.05) is 32.0 Å². The monoisotopic (exact) mass is 298 g/mol. The molecule has 2 aromatic rings. The van der Waals surface area contributed by atoms with Crippen molar-refractivity contribution in [2.75, 3.05) is 17.2 Å². The molecule has 0 spiro atoms. The molecule has 22 heavy (non-hydrogen) atoms. The zero-order valence-corrected chi connectivity index (χ0v) is 13.5. The average molecular weight is 298 g/mol. The molecule has 0 aliphatic heterocycles. The molecule has 0 atom stereocenters. The molecule has 5 nitrogen and oxygen atoms in total. The summed E-state index contributed by atoms with van der Waals surface area (Å²) in [6, 6.07) is 5.83. The van der Waals surface area contributed by atoms with Gasteiger partial charge in [0, 0.05) is 24.6 Å². The smallest absolute Gasteiger partial charge is 0.258 e. The molecule has 0 unspecified atom stereocenters. The van der Waals surface area contributed by atoms with Crippen LogP contribution in [0.4, 0.5) is 11.6 Å². The van der Waals surface area contributed by atoms with Crippen molar-refractivity contribution in [1.29, 1.82) is 0 Å². The van der Waals surface area contributed by atoms with Gasteiger partial charge in [-0.3, -0.25) is 4.79 Å². The third kappa shape index (κ3) is 4.28. The molecule has 1 aromatic carbocycles. The molecule has 5 heteroatoms. The van der Waals surface area contributed by atoms with E-state index >= 15 is 0 Å². The number of amides is 1. The van der Waals surface area contributed by atoms with Crippen LogP contribution in [0.5, 0.6) is 0 Å². The lowest BCUT2D eigenvalue weighted by molar-refractivity contribution is 0.102. The Bertz CT molecular complexity index is 650. The molecule has 1 aromatic heterocycles. The van der Waals surface area contributed by atoms with E-state index in [9.17, 15) is 4.79 Å². The van der Waals surface area contributed by atoms with Crippen molar-refractivity contribution in [3.05, 3.63) is 47.3 Å². The largest absolute Gasteiger partial charge is 0.354 e. The Hall–Kier alpha value is -2.43. The lowest BCUT2D eigenvalue weighted by Gasteiger charge is -2.09. The SMILES string of the molecule is Cc1ccc(NC(=O)c2cnc(NCC(C)C)nc2)cc1C. The number of aromatic nitrogens is 2. The molecule has 0 fully saturated rings. The normalized spacial score (nSPS) is 10.6. The van der Waals surface area contributed by atoms with Crippen LogP contribution in [0.3, 0.4) is 0 Å². The lowest BCUT2D eigenvalue weighted by Crippen LogP contribution is -2.14. The minimum Gasteiger partial charge on any atom is -0.354 e. The van der Waals surface area contributed by atoms with Crippen LogP contribution >= 0.6 is 0 Å². The summed E-state index contributed by atoms with van der Waals surface area (Å²) in [4.78, 5) is 20.5. The van der Waals surface area contributed by atoms with Crippen LogP contribution in [0, 0.1) is 19.8 Å². The first-order valence-electron chi connectivity index (χ1n) is 7.40. The number of hydrogen-bond acceptors (Lipinski definition) is 4. The highest BCUT2D eigenvalue weighted by Crippen LogP contribution is 2.15. The van der Waals surface area contributed by atoms with Gasteiger partial charge < -0.3 is 10.6 Å². The van der Waals surface area contributed by atoms with E-state index in [2.05, 4.69) is 34.4 Å². The summed E-state index contributed by atoms with van der Waals surface area (Å²) in [6.07, 6.45) is 3.07. The fraction of sp³-hybridized carbons (Fsp3) is 0.353. The Kier molecular flexibility index (Phi) is 5.09. The number of nitrogens with zero attached hydrogens (tertiary/aromatic N) is 2. The Balaban J connectivity index is 2.01. The molecular weight excluding hydrogens is 276 g/mol. The van der Waals surface area contributed by atoms with Crippen molar-refractivity contribution in [3.8, 4) is 0 Å². The number of benzene rings is 1. The first kappa shape index (κ1) is 15.9. The Labute approximate surface area is 131 Å². The number of carbonyl (C=O) groups is 1. The fourth-order valence-corrected chi connectivity index (χ4v) is 1.85. The standard InChI is InChI=1S/C17H22N4O/c1-11(2)8-18-17-19-9-14(10-20-17)16(22)21-15-6-5-12(3)13(4)7-15/h5-7,9-11H,8H2,1-4H3,(H,21,22)(H,18,19,20). The summed E-state index contributed by atoms with van der Waals surface area (Å²) in [5.74, 6) is 0.839. The van der Waals surface area contributed by atoms with Crippen molar-refractivity contribution in [3.63, 3.8) is 0 Å². The molecule has 0 aliphatic rings. The van der Waals surface area contributed by atoms with Gasteiger partial charge in [0.15, 0.2) is 0 Å². The van der Waals surface area contributed by atoms with Crippen LogP contribution in [0.15, 0.2) is 30.6 Å². The van der Waals surface area contributed by atoms with E-state index < -0.39 is 0 Å². The minimum absolute atomic E-state index is 0.210. The van der Waals surface area contributed by atoms with Crippen LogP contribution in [-0.4, -0.2) is 22.4 Å². The van der Waals surface area contributed by atoms with E-state index in [4.69, 9.17) is 0 Å². The van der Waals surface area contributed by atoms with Crippen LogP contribution in [0.2, 0.25) is 0 Å². The molecule has 0 saturated heterocycles. The van der Waals surface area contributed by atoms with Gasteiger partial charge in [0.25, 0.3) is 5.91 Å². The molecule has 1 heterocycles. The first-order chi connectivity index (χ1) is 10.5. The summed E-state index contributed by atoms with van der Waals surface area (Å²) in [6.45, 7) is 9.08. The van der Waals surface area contributed by atoms with Gasteiger partial charge in [-0.05, 0) is 43.0 Å². The third-order valence-corrected chi connectivity index (χ3v) is 3.35. The molecule has 2 rings (SSSR count). The zero-order chi connectivity index (χ0) is 16.1. The summed E-state index contributed by atoms with van der Waals surface area (Å²) in [5, 5.41) is 5.98. The highest BCUT2D eigenvalue weighted by molar-refractivity contribution is 6.03. The van der Waals surface area contributed by atoms with Gasteiger partial charge in [0.2, 0.25) is 5.95 Å². The van der Waals surface area contributed by atoms with Gasteiger partial charge in [-0.2, -0.15) is 0 Å². The summed E-state index contributed by atoms with van der Waals surface area (Å²) in [5.41, 5.74) is 3.55. The van der Waals surface area contributed by atoms with Crippen LogP contribution in [0.25, 0.3) is 0 Å². The Morgan fingerprint density at radius 1 is 1.14 bits per heavy atom. The number of hydrogen-bond donors (Lipinski definition) is 2. The van der Waals surface area contributed by atoms with Crippen LogP contribution in [0.1, 0.15) is 35.3 Å². The average Bonchev–Trinajstić information content (AvgIpc) is 2.49. The van der Waals surface area contributed by atoms with Crippen molar-refractivity contribution in [1.82, 2.24) is 9.97 Å². The maximum absolute atomic E-state index is 12.2. The van der Waals surface area contributed by atoms with Crippen molar-refractivity contribution >= 4 is 17.5 Å². The van der Waals surface area contributed by atoms with E-state index in [1.165, 1.54) is 18.0 Å². The second kappa shape index (κ2) is 7.02. The highest BCUT2D eigenvalue weighted by Gasteiger charge is 2.08. The zero-order valence-electron chi connectivity index (χ0n) is 13.5. The van der Waals surface area contributed by atoms with Gasteiger partial charge in [-0.25, -0.2) is 9.97 Å². The van der Waals surface area contributed by atoms with Gasteiger partial charge in [0.05, 0.1) is 5.56 Å². The predicted molar refractivity (Wildman–Crippen MR) is 89.2 cm³/mol.